The van der Waals surface area contributed by atoms with E-state index >= 15 is 0 Å². The van der Waals surface area contributed by atoms with Gasteiger partial charge in [0.05, 0.1) is 23.8 Å². The maximum absolute atomic E-state index is 12.6. The molecule has 0 unspecified atom stereocenters. The van der Waals surface area contributed by atoms with Gasteiger partial charge in [-0.05, 0) is 6.92 Å². The van der Waals surface area contributed by atoms with Gasteiger partial charge in [-0.3, -0.25) is 4.79 Å². The molecule has 7 heteroatoms. The van der Waals surface area contributed by atoms with Crippen molar-refractivity contribution in [1.29, 1.82) is 0 Å². The van der Waals surface area contributed by atoms with Crippen molar-refractivity contribution in [3.8, 4) is 11.3 Å². The van der Waals surface area contributed by atoms with Crippen molar-refractivity contribution in [2.24, 2.45) is 11.8 Å². The van der Waals surface area contributed by atoms with Gasteiger partial charge in [-0.1, -0.05) is 42.5 Å². The summed E-state index contributed by atoms with van der Waals surface area (Å²) >= 11 is 1.36. The largest absolute Gasteiger partial charge is 0.550 e. The number of nitrogens with zero attached hydrogens (tertiary/aromatic N) is 1. The molecule has 3 heterocycles. The number of hydrogen-bond donors (Lipinski definition) is 1. The minimum absolute atomic E-state index is 0.403. The molecule has 4 atom stereocenters. The van der Waals surface area contributed by atoms with Crippen LogP contribution in [0.4, 0.5) is 5.13 Å². The van der Waals surface area contributed by atoms with E-state index in [2.05, 4.69) is 10.3 Å². The number of carboxylic acids is 1. The molecule has 0 spiro atoms. The van der Waals surface area contributed by atoms with Gasteiger partial charge in [0.1, 0.15) is 0 Å². The second kappa shape index (κ2) is 6.09. The zero-order valence-corrected chi connectivity index (χ0v) is 14.2. The Labute approximate surface area is 148 Å². The number of carbonyl (C=O) groups is 2. The first-order valence-electron chi connectivity index (χ1n) is 7.93. The molecule has 1 N–H and O–H groups in total. The van der Waals surface area contributed by atoms with E-state index in [0.29, 0.717) is 5.13 Å². The number of anilines is 1. The van der Waals surface area contributed by atoms with Gasteiger partial charge in [0, 0.05) is 22.3 Å². The van der Waals surface area contributed by atoms with Crippen LogP contribution in [0.5, 0.6) is 0 Å². The number of ether oxygens (including phenoxy) is 1. The Bertz CT molecular complexity index is 861. The molecule has 1 amide bonds. The molecule has 1 fully saturated rings. The van der Waals surface area contributed by atoms with E-state index in [1.54, 1.807) is 12.2 Å². The number of carbonyl (C=O) groups excluding carboxylic acids is 2. The van der Waals surface area contributed by atoms with Crippen LogP contribution < -0.4 is 10.4 Å². The average Bonchev–Trinajstić information content (AvgIpc) is 3.29. The Morgan fingerprint density at radius 3 is 2.52 bits per heavy atom. The summed E-state index contributed by atoms with van der Waals surface area (Å²) in [6, 6.07) is 9.69. The Morgan fingerprint density at radius 1 is 1.16 bits per heavy atom. The van der Waals surface area contributed by atoms with Crippen molar-refractivity contribution < 1.29 is 19.4 Å². The number of nitrogens with one attached hydrogen (secondary N) is 1. The zero-order valence-electron chi connectivity index (χ0n) is 13.3. The predicted octanol–water partition coefficient (Wildman–Crippen LogP) is 1.38. The van der Waals surface area contributed by atoms with Crippen molar-refractivity contribution in [1.82, 2.24) is 4.98 Å². The number of amides is 1. The van der Waals surface area contributed by atoms with Crippen LogP contribution in [-0.4, -0.2) is 29.1 Å². The number of hydrogen-bond acceptors (Lipinski definition) is 6. The molecule has 2 bridgehead atoms. The van der Waals surface area contributed by atoms with Crippen LogP contribution in [0.2, 0.25) is 0 Å². The fourth-order valence-electron chi connectivity index (χ4n) is 3.40. The highest BCUT2D eigenvalue weighted by Crippen LogP contribution is 2.40. The Balaban J connectivity index is 1.56. The lowest BCUT2D eigenvalue weighted by Gasteiger charge is -2.24. The summed E-state index contributed by atoms with van der Waals surface area (Å²) in [4.78, 5) is 29.5. The summed E-state index contributed by atoms with van der Waals surface area (Å²) in [6.07, 6.45) is 2.29. The topological polar surface area (TPSA) is 91.4 Å². The molecule has 2 aliphatic rings. The summed E-state index contributed by atoms with van der Waals surface area (Å²) in [7, 11) is 0. The molecule has 6 nitrogen and oxygen atoms in total. The van der Waals surface area contributed by atoms with E-state index in [1.165, 1.54) is 11.3 Å². The van der Waals surface area contributed by atoms with E-state index in [-0.39, 0.29) is 0 Å². The van der Waals surface area contributed by atoms with Crippen molar-refractivity contribution >= 4 is 28.3 Å². The smallest absolute Gasteiger partial charge is 0.233 e. The average molecular weight is 355 g/mol. The molecule has 1 aromatic heterocycles. The van der Waals surface area contributed by atoms with Crippen LogP contribution in [0.3, 0.4) is 0 Å². The maximum atomic E-state index is 12.6. The van der Waals surface area contributed by atoms with Gasteiger partial charge in [0.2, 0.25) is 5.91 Å². The molecule has 2 aromatic rings. The predicted molar refractivity (Wildman–Crippen MR) is 90.7 cm³/mol. The second-order valence-corrected chi connectivity index (χ2v) is 7.30. The number of fused-ring (bicyclic) bond motifs is 2. The highest BCUT2D eigenvalue weighted by atomic mass is 32.1. The first-order valence-corrected chi connectivity index (χ1v) is 8.74. The summed E-state index contributed by atoms with van der Waals surface area (Å²) < 4.78 is 5.51. The summed E-state index contributed by atoms with van der Waals surface area (Å²) in [5.41, 5.74) is 1.77. The van der Waals surface area contributed by atoms with Gasteiger partial charge in [-0.25, -0.2) is 4.98 Å². The lowest BCUT2D eigenvalue weighted by Crippen LogP contribution is -2.45. The molecule has 1 saturated heterocycles. The van der Waals surface area contributed by atoms with Crippen LogP contribution in [0, 0.1) is 18.8 Å². The number of rotatable bonds is 4. The Morgan fingerprint density at radius 2 is 1.84 bits per heavy atom. The molecule has 4 rings (SSSR count). The lowest BCUT2D eigenvalue weighted by atomic mass is 9.82. The third-order valence-electron chi connectivity index (χ3n) is 4.55. The number of thiazole rings is 1. The molecule has 25 heavy (non-hydrogen) atoms. The highest BCUT2D eigenvalue weighted by molar-refractivity contribution is 7.16. The van der Waals surface area contributed by atoms with E-state index in [0.717, 1.165) is 16.1 Å². The van der Waals surface area contributed by atoms with Crippen LogP contribution in [0.15, 0.2) is 42.5 Å². The monoisotopic (exact) mass is 355 g/mol. The molecular formula is C18H15N2O4S-. The van der Waals surface area contributed by atoms with Crippen molar-refractivity contribution in [2.75, 3.05) is 5.32 Å². The second-order valence-electron chi connectivity index (χ2n) is 6.10. The normalized spacial score (nSPS) is 26.8. The zero-order chi connectivity index (χ0) is 17.6. The standard InChI is InChI=1S/C18H16N2O4S/c1-9-15(10-5-3-2-4-6-10)19-18(25-9)20-16(21)13-11-7-8-12(24-11)14(13)17(22)23/h2-8,11-14H,1H3,(H,22,23)(H,19,20,21)/p-1/t11-,12+,13-,14+/m1/s1. The number of aromatic nitrogens is 1. The molecule has 2 aliphatic heterocycles. The minimum Gasteiger partial charge on any atom is -0.550 e. The summed E-state index contributed by atoms with van der Waals surface area (Å²) in [5, 5.41) is 14.6. The van der Waals surface area contributed by atoms with Crippen molar-refractivity contribution in [3.05, 3.63) is 47.4 Å². The fourth-order valence-corrected chi connectivity index (χ4v) is 4.24. The van der Waals surface area contributed by atoms with Gasteiger partial charge in [0.15, 0.2) is 5.13 Å². The van der Waals surface area contributed by atoms with Gasteiger partial charge in [-0.2, -0.15) is 0 Å². The number of aliphatic carboxylic acids is 1. The van der Waals surface area contributed by atoms with Crippen LogP contribution in [0.25, 0.3) is 11.3 Å². The first-order chi connectivity index (χ1) is 12.0. The van der Waals surface area contributed by atoms with Crippen molar-refractivity contribution in [3.63, 3.8) is 0 Å². The third-order valence-corrected chi connectivity index (χ3v) is 5.43. The Kier molecular flexibility index (Phi) is 3.89. The van der Waals surface area contributed by atoms with Gasteiger partial charge in [0.25, 0.3) is 0 Å². The molecule has 0 aliphatic carbocycles. The van der Waals surface area contributed by atoms with Crippen LogP contribution in [0.1, 0.15) is 4.88 Å². The highest BCUT2D eigenvalue weighted by Gasteiger charge is 2.50. The lowest BCUT2D eigenvalue weighted by molar-refractivity contribution is -0.313. The molecular weight excluding hydrogens is 340 g/mol. The first kappa shape index (κ1) is 16.0. The summed E-state index contributed by atoms with van der Waals surface area (Å²) in [5.74, 6) is -3.44. The van der Waals surface area contributed by atoms with Crippen LogP contribution >= 0.6 is 11.3 Å². The van der Waals surface area contributed by atoms with E-state index in [1.807, 2.05) is 37.3 Å². The number of carboxylic acid groups (broad SMARTS) is 1. The minimum atomic E-state index is -1.27. The number of benzene rings is 1. The van der Waals surface area contributed by atoms with E-state index in [9.17, 15) is 14.7 Å². The van der Waals surface area contributed by atoms with Crippen molar-refractivity contribution in [2.45, 2.75) is 19.1 Å². The quantitative estimate of drug-likeness (QED) is 0.837. The Hall–Kier alpha value is -2.51. The van der Waals surface area contributed by atoms with Crippen LogP contribution in [-0.2, 0) is 14.3 Å². The third kappa shape index (κ3) is 2.75. The maximum Gasteiger partial charge on any atom is 0.233 e. The van der Waals surface area contributed by atoms with E-state index < -0.39 is 35.9 Å². The van der Waals surface area contributed by atoms with Gasteiger partial charge in [-0.15, -0.1) is 11.3 Å². The molecule has 0 saturated carbocycles. The molecule has 1 aromatic carbocycles. The van der Waals surface area contributed by atoms with Gasteiger partial charge < -0.3 is 20.0 Å². The fraction of sp³-hybridized carbons (Fsp3) is 0.278. The summed E-state index contributed by atoms with van der Waals surface area (Å²) in [6.45, 7) is 1.93. The molecule has 128 valence electrons. The number of aryl methyl sites for hydroxylation is 1. The molecule has 0 radical (unpaired) electrons. The van der Waals surface area contributed by atoms with Gasteiger partial charge >= 0.3 is 0 Å². The SMILES string of the molecule is Cc1sc(NC(=O)[C@H]2[C@@H](C(=O)[O-])[C@@H]3C=C[C@H]2O3)nc1-c1ccccc1. The van der Waals surface area contributed by atoms with E-state index in [4.69, 9.17) is 4.74 Å².